The summed E-state index contributed by atoms with van der Waals surface area (Å²) in [7, 11) is 0. The third kappa shape index (κ3) is 4.51. The van der Waals surface area contributed by atoms with Crippen molar-refractivity contribution < 1.29 is 10.3 Å². The van der Waals surface area contributed by atoms with Crippen molar-refractivity contribution >= 4 is 5.84 Å². The molecular weight excluding hydrogens is 254 g/mol. The van der Waals surface area contributed by atoms with E-state index >= 15 is 0 Å². The van der Waals surface area contributed by atoms with Gasteiger partial charge in [-0.05, 0) is 44.4 Å². The van der Waals surface area contributed by atoms with Gasteiger partial charge in [0.15, 0.2) is 5.84 Å². The molecule has 0 saturated heterocycles. The van der Waals surface area contributed by atoms with Crippen molar-refractivity contribution in [3.8, 4) is 0 Å². The van der Waals surface area contributed by atoms with Crippen molar-refractivity contribution in [1.29, 1.82) is 0 Å². The first-order chi connectivity index (χ1) is 9.49. The Morgan fingerprint density at radius 1 is 1.40 bits per heavy atom. The maximum absolute atomic E-state index is 8.96. The normalized spacial score (nSPS) is 12.4. The summed E-state index contributed by atoms with van der Waals surface area (Å²) in [5, 5.41) is 20.7. The molecule has 1 rings (SSSR count). The van der Waals surface area contributed by atoms with Crippen LogP contribution in [0, 0.1) is 6.92 Å². The molecule has 0 saturated carbocycles. The number of nitrogens with zero attached hydrogens (tertiary/aromatic N) is 2. The number of hydrogen-bond acceptors (Lipinski definition) is 4. The van der Waals surface area contributed by atoms with Gasteiger partial charge in [-0.3, -0.25) is 4.90 Å². The Morgan fingerprint density at radius 2 is 2.10 bits per heavy atom. The summed E-state index contributed by atoms with van der Waals surface area (Å²) in [6.45, 7) is 8.24. The number of amidine groups is 1. The number of aliphatic hydroxyl groups is 1. The smallest absolute Gasteiger partial charge is 0.170 e. The highest BCUT2D eigenvalue weighted by molar-refractivity contribution is 5.97. The van der Waals surface area contributed by atoms with Crippen LogP contribution in [0.5, 0.6) is 0 Å². The highest BCUT2D eigenvalue weighted by Crippen LogP contribution is 2.15. The molecule has 0 amide bonds. The van der Waals surface area contributed by atoms with Crippen LogP contribution in [0.3, 0.4) is 0 Å². The summed E-state index contributed by atoms with van der Waals surface area (Å²) in [4.78, 5) is 2.32. The van der Waals surface area contributed by atoms with Crippen molar-refractivity contribution in [2.75, 3.05) is 13.2 Å². The molecule has 0 aliphatic heterocycles. The number of oxime groups is 1. The minimum absolute atomic E-state index is 0.126. The molecule has 0 fully saturated rings. The van der Waals surface area contributed by atoms with Crippen LogP contribution >= 0.6 is 0 Å². The lowest BCUT2D eigenvalue weighted by molar-refractivity contribution is 0.184. The third-order valence-corrected chi connectivity index (χ3v) is 3.45. The number of aliphatic hydroxyl groups excluding tert-OH is 1. The van der Waals surface area contributed by atoms with Crippen molar-refractivity contribution in [1.82, 2.24) is 4.90 Å². The number of benzene rings is 1. The lowest BCUT2D eigenvalue weighted by Crippen LogP contribution is -2.32. The fourth-order valence-corrected chi connectivity index (χ4v) is 2.10. The van der Waals surface area contributed by atoms with Crippen LogP contribution in [-0.4, -0.2) is 40.2 Å². The summed E-state index contributed by atoms with van der Waals surface area (Å²) in [6, 6.07) is 6.22. The molecule has 0 heterocycles. The van der Waals surface area contributed by atoms with Gasteiger partial charge in [-0.2, -0.15) is 0 Å². The third-order valence-electron chi connectivity index (χ3n) is 3.45. The molecule has 0 unspecified atom stereocenters. The fourth-order valence-electron chi connectivity index (χ4n) is 2.10. The predicted octanol–water partition coefficient (Wildman–Crippen LogP) is 1.68. The topological polar surface area (TPSA) is 82.1 Å². The van der Waals surface area contributed by atoms with E-state index in [9.17, 15) is 0 Å². The first-order valence-corrected chi connectivity index (χ1v) is 6.92. The van der Waals surface area contributed by atoms with Gasteiger partial charge < -0.3 is 16.0 Å². The van der Waals surface area contributed by atoms with Crippen molar-refractivity contribution in [2.45, 2.75) is 39.8 Å². The van der Waals surface area contributed by atoms with Crippen LogP contribution in [0.2, 0.25) is 0 Å². The van der Waals surface area contributed by atoms with E-state index in [0.717, 1.165) is 30.6 Å². The molecule has 4 N–H and O–H groups in total. The molecule has 0 atom stereocenters. The van der Waals surface area contributed by atoms with E-state index in [4.69, 9.17) is 16.0 Å². The molecule has 5 heteroatoms. The van der Waals surface area contributed by atoms with Crippen molar-refractivity contribution in [3.63, 3.8) is 0 Å². The summed E-state index contributed by atoms with van der Waals surface area (Å²) in [6.07, 6.45) is 0.777. The minimum Gasteiger partial charge on any atom is -0.409 e. The predicted molar refractivity (Wildman–Crippen MR) is 80.9 cm³/mol. The quantitative estimate of drug-likeness (QED) is 0.307. The molecule has 5 nitrogen and oxygen atoms in total. The van der Waals surface area contributed by atoms with Gasteiger partial charge in [-0.1, -0.05) is 17.3 Å². The highest BCUT2D eigenvalue weighted by Gasteiger charge is 2.12. The largest absolute Gasteiger partial charge is 0.409 e. The Bertz CT molecular complexity index is 458. The second kappa shape index (κ2) is 7.87. The Labute approximate surface area is 120 Å². The van der Waals surface area contributed by atoms with E-state index in [0.29, 0.717) is 6.04 Å². The fraction of sp³-hybridized carbons (Fsp3) is 0.533. The summed E-state index contributed by atoms with van der Waals surface area (Å²) >= 11 is 0. The number of nitrogens with two attached hydrogens (primary N) is 1. The van der Waals surface area contributed by atoms with E-state index in [1.54, 1.807) is 0 Å². The zero-order valence-electron chi connectivity index (χ0n) is 12.5. The first-order valence-electron chi connectivity index (χ1n) is 6.92. The van der Waals surface area contributed by atoms with E-state index < -0.39 is 0 Å². The van der Waals surface area contributed by atoms with Gasteiger partial charge in [0.25, 0.3) is 0 Å². The number of aryl methyl sites for hydroxylation is 1. The van der Waals surface area contributed by atoms with Gasteiger partial charge in [0, 0.05) is 31.3 Å². The number of rotatable bonds is 7. The molecule has 0 aliphatic carbocycles. The zero-order chi connectivity index (χ0) is 15.1. The van der Waals surface area contributed by atoms with Gasteiger partial charge >= 0.3 is 0 Å². The monoisotopic (exact) mass is 279 g/mol. The molecule has 1 aromatic rings. The second-order valence-electron chi connectivity index (χ2n) is 5.27. The SMILES string of the molecule is Cc1cc(/C(N)=N/O)ccc1CN(CCCO)C(C)C. The lowest BCUT2D eigenvalue weighted by Gasteiger charge is -2.27. The van der Waals surface area contributed by atoms with E-state index in [2.05, 4.69) is 23.9 Å². The molecule has 1 aromatic carbocycles. The minimum atomic E-state index is 0.126. The average molecular weight is 279 g/mol. The molecule has 112 valence electrons. The summed E-state index contributed by atoms with van der Waals surface area (Å²) in [5.41, 5.74) is 8.64. The van der Waals surface area contributed by atoms with Crippen LogP contribution in [0.4, 0.5) is 0 Å². The van der Waals surface area contributed by atoms with E-state index in [1.807, 2.05) is 25.1 Å². The lowest BCUT2D eigenvalue weighted by atomic mass is 10.0. The Morgan fingerprint density at radius 3 is 2.60 bits per heavy atom. The molecule has 0 spiro atoms. The van der Waals surface area contributed by atoms with Crippen LogP contribution in [0.1, 0.15) is 37.0 Å². The molecule has 0 aliphatic rings. The van der Waals surface area contributed by atoms with Gasteiger partial charge in [0.05, 0.1) is 0 Å². The summed E-state index contributed by atoms with van der Waals surface area (Å²) in [5.74, 6) is 0.126. The molecular formula is C15H25N3O2. The standard InChI is InChI=1S/C15H25N3O2/c1-11(2)18(7-4-8-19)10-14-6-5-13(9-12(14)3)15(16)17-20/h5-6,9,11,19-20H,4,7-8,10H2,1-3H3,(H2,16,17). The Kier molecular flexibility index (Phi) is 6.48. The summed E-state index contributed by atoms with van der Waals surface area (Å²) < 4.78 is 0. The van der Waals surface area contributed by atoms with Crippen molar-refractivity contribution in [2.24, 2.45) is 10.9 Å². The van der Waals surface area contributed by atoms with E-state index in [-0.39, 0.29) is 12.4 Å². The average Bonchev–Trinajstić information content (AvgIpc) is 2.43. The van der Waals surface area contributed by atoms with Crippen LogP contribution in [0.25, 0.3) is 0 Å². The van der Waals surface area contributed by atoms with E-state index in [1.165, 1.54) is 5.56 Å². The highest BCUT2D eigenvalue weighted by atomic mass is 16.4. The molecule has 0 aromatic heterocycles. The molecule has 20 heavy (non-hydrogen) atoms. The van der Waals surface area contributed by atoms with Gasteiger partial charge in [0.1, 0.15) is 0 Å². The molecule has 0 radical (unpaired) electrons. The Balaban J connectivity index is 2.85. The van der Waals surface area contributed by atoms with Crippen LogP contribution in [-0.2, 0) is 6.54 Å². The number of hydrogen-bond donors (Lipinski definition) is 3. The molecule has 0 bridgehead atoms. The van der Waals surface area contributed by atoms with Crippen LogP contribution < -0.4 is 5.73 Å². The van der Waals surface area contributed by atoms with Gasteiger partial charge in [-0.25, -0.2) is 0 Å². The maximum atomic E-state index is 8.96. The first kappa shape index (κ1) is 16.5. The van der Waals surface area contributed by atoms with Crippen molar-refractivity contribution in [3.05, 3.63) is 34.9 Å². The second-order valence-corrected chi connectivity index (χ2v) is 5.27. The van der Waals surface area contributed by atoms with Gasteiger partial charge in [0.2, 0.25) is 0 Å². The Hall–Kier alpha value is -1.59. The maximum Gasteiger partial charge on any atom is 0.170 e. The zero-order valence-corrected chi connectivity index (χ0v) is 12.5. The van der Waals surface area contributed by atoms with Crippen LogP contribution in [0.15, 0.2) is 23.4 Å². The van der Waals surface area contributed by atoms with Gasteiger partial charge in [-0.15, -0.1) is 0 Å².